The molecule has 1 atom stereocenters. The summed E-state index contributed by atoms with van der Waals surface area (Å²) in [6.07, 6.45) is 1.27. The highest BCUT2D eigenvalue weighted by Crippen LogP contribution is 2.32. The second-order valence-corrected chi connectivity index (χ2v) is 9.09. The number of rotatable bonds is 9. The molecule has 0 saturated heterocycles. The number of thioether (sulfide) groups is 1. The fourth-order valence-corrected chi connectivity index (χ4v) is 4.12. The number of ether oxygens (including phenoxy) is 1. The topological polar surface area (TPSA) is 69.0 Å². The first-order valence-electron chi connectivity index (χ1n) is 9.63. The molecule has 3 rings (SSSR count). The van der Waals surface area contributed by atoms with Crippen molar-refractivity contribution in [1.29, 1.82) is 0 Å². The van der Waals surface area contributed by atoms with Crippen LogP contribution in [0.1, 0.15) is 24.4 Å². The molecule has 32 heavy (non-hydrogen) atoms. The first-order valence-corrected chi connectivity index (χ1v) is 11.7. The number of carbonyl (C=O) groups excluding carboxylic acids is 1. The van der Waals surface area contributed by atoms with Crippen molar-refractivity contribution in [1.82, 2.24) is 14.8 Å². The van der Waals surface area contributed by atoms with Crippen molar-refractivity contribution >= 4 is 58.2 Å². The molecule has 1 aromatic heterocycles. The molecule has 1 N–H and O–H groups in total. The molecular weight excluding hydrogens is 491 g/mol. The van der Waals surface area contributed by atoms with Gasteiger partial charge in [0.1, 0.15) is 5.75 Å². The van der Waals surface area contributed by atoms with Crippen LogP contribution in [0, 0.1) is 6.92 Å². The Morgan fingerprint density at radius 3 is 2.69 bits per heavy atom. The maximum atomic E-state index is 12.5. The molecule has 6 nitrogen and oxygen atoms in total. The predicted molar refractivity (Wildman–Crippen MR) is 131 cm³/mol. The van der Waals surface area contributed by atoms with Crippen molar-refractivity contribution in [2.75, 3.05) is 11.1 Å². The number of hydrogen-bond acceptors (Lipinski definition) is 5. The van der Waals surface area contributed by atoms with E-state index in [-0.39, 0.29) is 11.7 Å². The van der Waals surface area contributed by atoms with Gasteiger partial charge in [-0.05, 0) is 43.7 Å². The summed E-state index contributed by atoms with van der Waals surface area (Å²) in [6, 6.07) is 10.4. The molecule has 2 aromatic carbocycles. The summed E-state index contributed by atoms with van der Waals surface area (Å²) in [4.78, 5) is 12.5. The van der Waals surface area contributed by atoms with E-state index < -0.39 is 6.10 Å². The number of nitrogens with one attached hydrogen (secondary N) is 1. The van der Waals surface area contributed by atoms with Crippen molar-refractivity contribution in [3.8, 4) is 5.75 Å². The molecule has 0 radical (unpaired) electrons. The van der Waals surface area contributed by atoms with Gasteiger partial charge in [-0.3, -0.25) is 9.36 Å². The van der Waals surface area contributed by atoms with E-state index >= 15 is 0 Å². The number of anilines is 1. The molecule has 0 fully saturated rings. The molecule has 10 heteroatoms. The van der Waals surface area contributed by atoms with Crippen LogP contribution in [0.3, 0.4) is 0 Å². The molecule has 1 heterocycles. The van der Waals surface area contributed by atoms with Crippen molar-refractivity contribution in [2.45, 2.75) is 31.7 Å². The van der Waals surface area contributed by atoms with Gasteiger partial charge in [0.25, 0.3) is 0 Å². The summed E-state index contributed by atoms with van der Waals surface area (Å²) in [5, 5.41) is 13.5. The fourth-order valence-electron chi connectivity index (χ4n) is 2.86. The summed E-state index contributed by atoms with van der Waals surface area (Å²) in [5.41, 5.74) is 1.60. The number of hydrogen-bond donors (Lipinski definition) is 1. The van der Waals surface area contributed by atoms with Gasteiger partial charge in [-0.25, -0.2) is 0 Å². The number of nitrogens with zero attached hydrogens (tertiary/aromatic N) is 3. The van der Waals surface area contributed by atoms with Gasteiger partial charge < -0.3 is 10.1 Å². The van der Waals surface area contributed by atoms with E-state index in [1.165, 1.54) is 11.8 Å². The monoisotopic (exact) mass is 510 g/mol. The first kappa shape index (κ1) is 24.5. The molecular formula is C22H21Cl3N4O2S. The Morgan fingerprint density at radius 2 is 1.94 bits per heavy atom. The summed E-state index contributed by atoms with van der Waals surface area (Å²) >= 11 is 19.5. The smallest absolute Gasteiger partial charge is 0.234 e. The van der Waals surface area contributed by atoms with Crippen molar-refractivity contribution in [3.63, 3.8) is 0 Å². The molecule has 3 aromatic rings. The zero-order valence-corrected chi connectivity index (χ0v) is 20.5. The highest BCUT2D eigenvalue weighted by atomic mass is 35.5. The highest BCUT2D eigenvalue weighted by molar-refractivity contribution is 7.99. The maximum Gasteiger partial charge on any atom is 0.234 e. The number of halogens is 3. The molecule has 1 unspecified atom stereocenters. The van der Waals surface area contributed by atoms with E-state index in [0.29, 0.717) is 44.0 Å². The van der Waals surface area contributed by atoms with Gasteiger partial charge in [-0.15, -0.1) is 16.8 Å². The maximum absolute atomic E-state index is 12.5. The number of allylic oxidation sites excluding steroid dienone is 1. The second kappa shape index (κ2) is 11.1. The van der Waals surface area contributed by atoms with Crippen LogP contribution in [-0.4, -0.2) is 26.4 Å². The molecule has 0 aliphatic rings. The van der Waals surface area contributed by atoms with Crippen LogP contribution in [0.2, 0.25) is 15.1 Å². The van der Waals surface area contributed by atoms with Gasteiger partial charge in [0.15, 0.2) is 17.1 Å². The Kier molecular flexibility index (Phi) is 8.48. The van der Waals surface area contributed by atoms with Gasteiger partial charge >= 0.3 is 0 Å². The zero-order valence-electron chi connectivity index (χ0n) is 17.4. The van der Waals surface area contributed by atoms with Gasteiger partial charge in [0.05, 0.1) is 10.8 Å². The third kappa shape index (κ3) is 6.19. The van der Waals surface area contributed by atoms with Crippen LogP contribution < -0.4 is 10.1 Å². The second-order valence-electron chi connectivity index (χ2n) is 6.87. The van der Waals surface area contributed by atoms with Crippen molar-refractivity contribution in [3.05, 3.63) is 75.5 Å². The molecule has 0 aliphatic carbocycles. The van der Waals surface area contributed by atoms with Crippen LogP contribution in [-0.2, 0) is 11.3 Å². The number of benzene rings is 2. The summed E-state index contributed by atoms with van der Waals surface area (Å²) in [7, 11) is 0. The predicted octanol–water partition coefficient (Wildman–Crippen LogP) is 6.60. The standard InChI is InChI=1S/C22H21Cl3N4O2S/c1-4-9-29-21(14(3)31-19-11-16(24)7-8-17(19)25)27-28-22(29)32-12-20(30)26-18-10-15(23)6-5-13(18)2/h4-8,10-11,14H,1,9,12H2,2-3H3,(H,26,30). The molecule has 0 saturated carbocycles. The fraction of sp³-hybridized carbons (Fsp3) is 0.227. The number of aromatic nitrogens is 3. The minimum atomic E-state index is -0.462. The lowest BCUT2D eigenvalue weighted by molar-refractivity contribution is -0.113. The lowest BCUT2D eigenvalue weighted by Crippen LogP contribution is -2.16. The van der Waals surface area contributed by atoms with Gasteiger partial charge in [0.2, 0.25) is 5.91 Å². The average molecular weight is 512 g/mol. The van der Waals surface area contributed by atoms with Gasteiger partial charge in [0, 0.05) is 28.3 Å². The third-order valence-corrected chi connectivity index (χ3v) is 6.17. The van der Waals surface area contributed by atoms with Crippen molar-refractivity contribution in [2.24, 2.45) is 0 Å². The van der Waals surface area contributed by atoms with Crippen LogP contribution >= 0.6 is 46.6 Å². The van der Waals surface area contributed by atoms with Crippen LogP contribution in [0.4, 0.5) is 5.69 Å². The lowest BCUT2D eigenvalue weighted by atomic mass is 10.2. The quantitative estimate of drug-likeness (QED) is 0.259. The van der Waals surface area contributed by atoms with E-state index in [1.54, 1.807) is 36.4 Å². The van der Waals surface area contributed by atoms with Gasteiger partial charge in [-0.2, -0.15) is 0 Å². The molecule has 1 amide bonds. The van der Waals surface area contributed by atoms with Crippen molar-refractivity contribution < 1.29 is 9.53 Å². The minimum Gasteiger partial charge on any atom is -0.481 e. The van der Waals surface area contributed by atoms with E-state index in [2.05, 4.69) is 22.1 Å². The Morgan fingerprint density at radius 1 is 1.22 bits per heavy atom. The molecule has 0 spiro atoms. The highest BCUT2D eigenvalue weighted by Gasteiger charge is 2.21. The number of aryl methyl sites for hydroxylation is 1. The summed E-state index contributed by atoms with van der Waals surface area (Å²) < 4.78 is 7.81. The van der Waals surface area contributed by atoms with E-state index in [4.69, 9.17) is 39.5 Å². The average Bonchev–Trinajstić information content (AvgIpc) is 3.15. The van der Waals surface area contributed by atoms with Gasteiger partial charge in [-0.1, -0.05) is 58.7 Å². The molecule has 0 aliphatic heterocycles. The van der Waals surface area contributed by atoms with Crippen LogP contribution in [0.15, 0.2) is 54.2 Å². The van der Waals surface area contributed by atoms with Crippen LogP contribution in [0.25, 0.3) is 0 Å². The Labute approximate surface area is 205 Å². The van der Waals surface area contributed by atoms with E-state index in [1.807, 2.05) is 24.5 Å². The SMILES string of the molecule is C=CCn1c(SCC(=O)Nc2cc(Cl)ccc2C)nnc1C(C)Oc1cc(Cl)ccc1Cl. The Bertz CT molecular complexity index is 1140. The first-order chi connectivity index (χ1) is 15.3. The Hall–Kier alpha value is -2.19. The van der Waals surface area contributed by atoms with E-state index in [9.17, 15) is 4.79 Å². The third-order valence-electron chi connectivity index (χ3n) is 4.42. The molecule has 0 bridgehead atoms. The molecule has 168 valence electrons. The summed E-state index contributed by atoms with van der Waals surface area (Å²) in [5.74, 6) is 1.00. The largest absolute Gasteiger partial charge is 0.481 e. The lowest BCUT2D eigenvalue weighted by Gasteiger charge is -2.16. The zero-order chi connectivity index (χ0) is 23.3. The normalized spacial score (nSPS) is 11.8. The number of amides is 1. The number of carbonyl (C=O) groups is 1. The summed E-state index contributed by atoms with van der Waals surface area (Å²) in [6.45, 7) is 7.99. The van der Waals surface area contributed by atoms with E-state index in [0.717, 1.165) is 5.56 Å². The minimum absolute atomic E-state index is 0.149. The Balaban J connectivity index is 1.71. The van der Waals surface area contributed by atoms with Crippen LogP contribution in [0.5, 0.6) is 5.75 Å².